The first kappa shape index (κ1) is 51.2. The van der Waals surface area contributed by atoms with Gasteiger partial charge in [-0.05, 0) is 38.5 Å². The zero-order chi connectivity index (χ0) is 39.5. The van der Waals surface area contributed by atoms with E-state index in [1.54, 1.807) is 12.2 Å². The number of esters is 2. The lowest BCUT2D eigenvalue weighted by Crippen LogP contribution is -2.37. The van der Waals surface area contributed by atoms with E-state index < -0.39 is 38.6 Å². The Balaban J connectivity index is 4.59. The molecular formula is C42H78NO9P. The van der Waals surface area contributed by atoms with Crippen molar-refractivity contribution in [1.82, 2.24) is 0 Å². The lowest BCUT2D eigenvalue weighted by Gasteiger charge is -2.28. The molecule has 0 aliphatic heterocycles. The van der Waals surface area contributed by atoms with Crippen molar-refractivity contribution in [2.75, 3.05) is 47.5 Å². The topological polar surface area (TPSA) is 131 Å². The van der Waals surface area contributed by atoms with E-state index in [4.69, 9.17) is 18.5 Å². The number of rotatable bonds is 37. The molecule has 0 heterocycles. The highest BCUT2D eigenvalue weighted by Gasteiger charge is 2.22. The van der Waals surface area contributed by atoms with Crippen LogP contribution in [0.15, 0.2) is 36.5 Å². The molecule has 3 atom stereocenters. The molecule has 0 amide bonds. The van der Waals surface area contributed by atoms with Crippen LogP contribution in [0.1, 0.15) is 162 Å². The Bertz CT molecular complexity index is 1020. The Hall–Kier alpha value is -1.81. The quantitative estimate of drug-likeness (QED) is 0.0164. The van der Waals surface area contributed by atoms with Crippen LogP contribution >= 0.6 is 7.82 Å². The maximum Gasteiger partial charge on any atom is 0.306 e. The molecule has 2 unspecified atom stereocenters. The highest BCUT2D eigenvalue weighted by atomic mass is 31.2. The zero-order valence-electron chi connectivity index (χ0n) is 34.3. The summed E-state index contributed by atoms with van der Waals surface area (Å²) < 4.78 is 33.6. The smallest absolute Gasteiger partial charge is 0.306 e. The molecule has 0 fully saturated rings. The number of aliphatic hydroxyl groups excluding tert-OH is 1. The van der Waals surface area contributed by atoms with Crippen molar-refractivity contribution in [3.63, 3.8) is 0 Å². The highest BCUT2D eigenvalue weighted by Crippen LogP contribution is 2.38. The van der Waals surface area contributed by atoms with E-state index in [0.29, 0.717) is 30.3 Å². The molecule has 0 aliphatic carbocycles. The predicted octanol–water partition coefficient (Wildman–Crippen LogP) is 9.69. The van der Waals surface area contributed by atoms with Gasteiger partial charge in [0.25, 0.3) is 7.82 Å². The molecule has 0 saturated heterocycles. The van der Waals surface area contributed by atoms with Gasteiger partial charge in [-0.15, -0.1) is 0 Å². The third kappa shape index (κ3) is 38.3. The number of hydrogen-bond donors (Lipinski definition) is 1. The summed E-state index contributed by atoms with van der Waals surface area (Å²) in [7, 11) is 1.05. The summed E-state index contributed by atoms with van der Waals surface area (Å²) >= 11 is 0. The van der Waals surface area contributed by atoms with Gasteiger partial charge in [0.05, 0.1) is 33.9 Å². The van der Waals surface area contributed by atoms with E-state index in [9.17, 15) is 24.2 Å². The number of phosphoric ester groups is 1. The first-order chi connectivity index (χ1) is 25.4. The van der Waals surface area contributed by atoms with Gasteiger partial charge in [-0.3, -0.25) is 14.2 Å². The van der Waals surface area contributed by atoms with E-state index in [1.165, 1.54) is 83.5 Å². The summed E-state index contributed by atoms with van der Waals surface area (Å²) in [4.78, 5) is 37.4. The van der Waals surface area contributed by atoms with Crippen LogP contribution in [-0.2, 0) is 32.7 Å². The van der Waals surface area contributed by atoms with Gasteiger partial charge in [0.2, 0.25) is 0 Å². The third-order valence-corrected chi connectivity index (χ3v) is 9.73. The summed E-state index contributed by atoms with van der Waals surface area (Å²) in [6.07, 6.45) is 33.5. The van der Waals surface area contributed by atoms with Crippen LogP contribution in [0.3, 0.4) is 0 Å². The number of allylic oxidation sites excluding steroid dienone is 5. The summed E-state index contributed by atoms with van der Waals surface area (Å²) in [5, 5.41) is 10.3. The van der Waals surface area contributed by atoms with Crippen molar-refractivity contribution in [2.24, 2.45) is 0 Å². The van der Waals surface area contributed by atoms with E-state index in [2.05, 4.69) is 26.0 Å². The molecule has 0 aromatic heterocycles. The van der Waals surface area contributed by atoms with Gasteiger partial charge in [0.15, 0.2) is 6.10 Å². The molecule has 0 rings (SSSR count). The molecule has 10 nitrogen and oxygen atoms in total. The van der Waals surface area contributed by atoms with E-state index in [1.807, 2.05) is 33.3 Å². The van der Waals surface area contributed by atoms with Crippen LogP contribution in [0, 0.1) is 0 Å². The average Bonchev–Trinajstić information content (AvgIpc) is 3.09. The maximum absolute atomic E-state index is 12.6. The molecule has 0 saturated carbocycles. The number of ether oxygens (including phenoxy) is 2. The van der Waals surface area contributed by atoms with E-state index >= 15 is 0 Å². The number of likely N-dealkylation sites (N-methyl/N-ethyl adjacent to an activating group) is 1. The Labute approximate surface area is 324 Å². The van der Waals surface area contributed by atoms with Crippen LogP contribution < -0.4 is 4.89 Å². The first-order valence-electron chi connectivity index (χ1n) is 20.8. The van der Waals surface area contributed by atoms with Crippen LogP contribution in [0.2, 0.25) is 0 Å². The third-order valence-electron chi connectivity index (χ3n) is 8.77. The molecule has 0 bridgehead atoms. The van der Waals surface area contributed by atoms with E-state index in [-0.39, 0.29) is 26.1 Å². The molecule has 0 aromatic rings. The number of carbonyl (C=O) groups excluding carboxylic acids is 2. The Morgan fingerprint density at radius 3 is 1.87 bits per heavy atom. The van der Waals surface area contributed by atoms with Crippen molar-refractivity contribution in [3.8, 4) is 0 Å². The fraction of sp³-hybridized carbons (Fsp3) is 0.810. The predicted molar refractivity (Wildman–Crippen MR) is 214 cm³/mol. The molecule has 53 heavy (non-hydrogen) atoms. The van der Waals surface area contributed by atoms with Gasteiger partial charge < -0.3 is 33.0 Å². The van der Waals surface area contributed by atoms with Crippen molar-refractivity contribution in [1.29, 1.82) is 0 Å². The first-order valence-corrected chi connectivity index (χ1v) is 22.3. The number of aliphatic hydroxyl groups is 1. The normalized spacial score (nSPS) is 14.6. The van der Waals surface area contributed by atoms with Crippen molar-refractivity contribution < 1.29 is 47.2 Å². The summed E-state index contributed by atoms with van der Waals surface area (Å²) in [5.74, 6) is -1.03. The minimum atomic E-state index is -4.67. The monoisotopic (exact) mass is 772 g/mol. The molecule has 310 valence electrons. The average molecular weight is 772 g/mol. The second-order valence-corrected chi connectivity index (χ2v) is 16.6. The molecule has 0 radical (unpaired) electrons. The largest absolute Gasteiger partial charge is 0.756 e. The van der Waals surface area contributed by atoms with Crippen molar-refractivity contribution in [2.45, 2.75) is 174 Å². The van der Waals surface area contributed by atoms with Gasteiger partial charge >= 0.3 is 11.9 Å². The Morgan fingerprint density at radius 2 is 1.26 bits per heavy atom. The maximum atomic E-state index is 12.6. The number of carbonyl (C=O) groups is 2. The van der Waals surface area contributed by atoms with Gasteiger partial charge in [-0.2, -0.15) is 0 Å². The molecule has 0 aromatic carbocycles. The molecule has 11 heteroatoms. The van der Waals surface area contributed by atoms with Crippen molar-refractivity contribution >= 4 is 19.8 Å². The fourth-order valence-corrected chi connectivity index (χ4v) is 6.16. The molecule has 1 N–H and O–H groups in total. The Kier molecular flexibility index (Phi) is 33.5. The number of phosphoric acid groups is 1. The zero-order valence-corrected chi connectivity index (χ0v) is 35.2. The lowest BCUT2D eigenvalue weighted by atomic mass is 10.1. The SMILES string of the molecule is CCCCCCCC/C=C/C/C=C/C=C/C(O)CCCC(=O)O[C@H](COC(=O)CCCCCCCCCCCCC)COP(=O)([O-])OCC[N+](C)(C)C. The van der Waals surface area contributed by atoms with Crippen molar-refractivity contribution in [3.05, 3.63) is 36.5 Å². The van der Waals surface area contributed by atoms with Gasteiger partial charge in [0.1, 0.15) is 19.8 Å². The van der Waals surface area contributed by atoms with Crippen LogP contribution in [0.5, 0.6) is 0 Å². The van der Waals surface area contributed by atoms with Gasteiger partial charge in [0, 0.05) is 12.8 Å². The number of quaternary nitrogens is 1. The molecule has 0 spiro atoms. The second kappa shape index (κ2) is 34.7. The molecular weight excluding hydrogens is 693 g/mol. The fourth-order valence-electron chi connectivity index (χ4n) is 5.43. The van der Waals surface area contributed by atoms with Gasteiger partial charge in [-0.1, -0.05) is 147 Å². The number of nitrogens with zero attached hydrogens (tertiary/aromatic N) is 1. The Morgan fingerprint density at radius 1 is 0.698 bits per heavy atom. The second-order valence-electron chi connectivity index (χ2n) is 15.2. The standard InChI is InChI=1S/C42H78NO9P/c1-6-8-10-12-14-16-18-19-21-22-24-26-28-31-39(44)32-30-34-42(46)52-40(38-51-53(47,48)50-36-35-43(3,4)5)37-49-41(45)33-29-27-25-23-20-17-15-13-11-9-7-2/h19,21,24,26,28,31,39-40,44H,6-18,20,22-23,25,27,29-30,32-38H2,1-5H3/b21-19+,26-24+,31-28+/t39?,40-/m1/s1. The lowest BCUT2D eigenvalue weighted by molar-refractivity contribution is -0.870. The van der Waals surface area contributed by atoms with Crippen LogP contribution in [0.4, 0.5) is 0 Å². The highest BCUT2D eigenvalue weighted by molar-refractivity contribution is 7.45. The summed E-state index contributed by atoms with van der Waals surface area (Å²) in [5.41, 5.74) is 0. The molecule has 0 aliphatic rings. The van der Waals surface area contributed by atoms with E-state index in [0.717, 1.165) is 32.1 Å². The minimum Gasteiger partial charge on any atom is -0.756 e. The van der Waals surface area contributed by atoms with Crippen LogP contribution in [0.25, 0.3) is 0 Å². The summed E-state index contributed by atoms with van der Waals surface area (Å²) in [6.45, 7) is 3.98. The minimum absolute atomic E-state index is 0.00234. The summed E-state index contributed by atoms with van der Waals surface area (Å²) in [6, 6.07) is 0. The number of unbranched alkanes of at least 4 members (excludes halogenated alkanes) is 16. The van der Waals surface area contributed by atoms with Gasteiger partial charge in [-0.25, -0.2) is 0 Å². The number of hydrogen-bond acceptors (Lipinski definition) is 9. The van der Waals surface area contributed by atoms with Crippen LogP contribution in [-0.4, -0.2) is 81.2 Å².